The number of hydrogen-bond donors (Lipinski definition) is 1. The Morgan fingerprint density at radius 2 is 1.86 bits per heavy atom. The highest BCUT2D eigenvalue weighted by Gasteiger charge is 2.12. The number of thiophene rings is 1. The molecule has 0 radical (unpaired) electrons. The lowest BCUT2D eigenvalue weighted by Crippen LogP contribution is -2.29. The van der Waals surface area contributed by atoms with Gasteiger partial charge in [-0.2, -0.15) is 11.3 Å². The second kappa shape index (κ2) is 7.38. The summed E-state index contributed by atoms with van der Waals surface area (Å²) in [5.74, 6) is -0.157. The second-order valence-corrected chi connectivity index (χ2v) is 7.74. The molecule has 112 valence electrons. The Bertz CT molecular complexity index is 664. The van der Waals surface area contributed by atoms with E-state index in [9.17, 15) is 13.2 Å². The van der Waals surface area contributed by atoms with Gasteiger partial charge in [-0.05, 0) is 23.4 Å². The minimum absolute atomic E-state index is 0.0320. The van der Waals surface area contributed by atoms with Gasteiger partial charge in [-0.3, -0.25) is 4.79 Å². The Balaban J connectivity index is 1.75. The number of aryl methyl sites for hydroxylation is 1. The molecule has 0 saturated heterocycles. The van der Waals surface area contributed by atoms with E-state index in [2.05, 4.69) is 5.32 Å². The molecule has 0 bridgehead atoms. The largest absolute Gasteiger partial charge is 0.351 e. The van der Waals surface area contributed by atoms with Crippen LogP contribution >= 0.6 is 11.3 Å². The maximum Gasteiger partial charge on any atom is 0.252 e. The van der Waals surface area contributed by atoms with Crippen molar-refractivity contribution >= 4 is 27.1 Å². The van der Waals surface area contributed by atoms with Crippen LogP contribution in [0.15, 0.2) is 47.2 Å². The van der Waals surface area contributed by atoms with Gasteiger partial charge < -0.3 is 5.32 Å². The van der Waals surface area contributed by atoms with Crippen LogP contribution in [0.1, 0.15) is 15.9 Å². The molecule has 1 heterocycles. The normalized spacial score (nSPS) is 11.2. The van der Waals surface area contributed by atoms with Crippen LogP contribution in [0.2, 0.25) is 0 Å². The van der Waals surface area contributed by atoms with E-state index in [4.69, 9.17) is 0 Å². The summed E-state index contributed by atoms with van der Waals surface area (Å²) in [6.45, 7) is 0.145. The predicted octanol–water partition coefficient (Wildman–Crippen LogP) is 2.14. The van der Waals surface area contributed by atoms with Crippen molar-refractivity contribution in [3.05, 3.63) is 58.3 Å². The number of rotatable bonds is 7. The SMILES string of the molecule is O=C(NCCS(=O)(=O)CCc1ccccc1)c1ccsc1. The highest BCUT2D eigenvalue weighted by Crippen LogP contribution is 2.05. The van der Waals surface area contributed by atoms with E-state index in [0.29, 0.717) is 12.0 Å². The van der Waals surface area contributed by atoms with Crippen molar-refractivity contribution in [3.63, 3.8) is 0 Å². The maximum atomic E-state index is 11.9. The fourth-order valence-electron chi connectivity index (χ4n) is 1.84. The van der Waals surface area contributed by atoms with Crippen LogP contribution in [-0.2, 0) is 16.3 Å². The average Bonchev–Trinajstić information content (AvgIpc) is 3.00. The van der Waals surface area contributed by atoms with Crippen LogP contribution in [0.5, 0.6) is 0 Å². The average molecular weight is 323 g/mol. The highest BCUT2D eigenvalue weighted by atomic mass is 32.2. The zero-order valence-electron chi connectivity index (χ0n) is 11.5. The topological polar surface area (TPSA) is 63.2 Å². The summed E-state index contributed by atoms with van der Waals surface area (Å²) >= 11 is 1.43. The van der Waals surface area contributed by atoms with Crippen molar-refractivity contribution in [2.24, 2.45) is 0 Å². The Labute approximate surface area is 128 Å². The molecule has 0 spiro atoms. The van der Waals surface area contributed by atoms with Crippen LogP contribution in [0, 0.1) is 0 Å². The number of sulfone groups is 1. The summed E-state index contributed by atoms with van der Waals surface area (Å²) in [4.78, 5) is 11.7. The number of carbonyl (C=O) groups excluding carboxylic acids is 1. The van der Waals surface area contributed by atoms with Crippen molar-refractivity contribution < 1.29 is 13.2 Å². The van der Waals surface area contributed by atoms with Crippen molar-refractivity contribution in [1.29, 1.82) is 0 Å². The summed E-state index contributed by atoms with van der Waals surface area (Å²) < 4.78 is 23.8. The zero-order valence-corrected chi connectivity index (χ0v) is 13.1. The number of amides is 1. The Hall–Kier alpha value is -1.66. The standard InChI is InChI=1S/C15H17NO3S2/c17-15(14-6-9-20-12-14)16-8-11-21(18,19)10-7-13-4-2-1-3-5-13/h1-6,9,12H,7-8,10-11H2,(H,16,17). The molecule has 1 N–H and O–H groups in total. The molecule has 0 aliphatic rings. The van der Waals surface area contributed by atoms with Crippen molar-refractivity contribution in [1.82, 2.24) is 5.32 Å². The summed E-state index contributed by atoms with van der Waals surface area (Å²) in [5, 5.41) is 6.17. The lowest BCUT2D eigenvalue weighted by molar-refractivity contribution is 0.0956. The molecule has 1 amide bonds. The van der Waals surface area contributed by atoms with Crippen molar-refractivity contribution in [2.45, 2.75) is 6.42 Å². The lowest BCUT2D eigenvalue weighted by Gasteiger charge is -2.06. The number of benzene rings is 1. The van der Waals surface area contributed by atoms with Crippen molar-refractivity contribution in [3.8, 4) is 0 Å². The monoisotopic (exact) mass is 323 g/mol. The van der Waals surface area contributed by atoms with Crippen LogP contribution < -0.4 is 5.32 Å². The molecule has 6 heteroatoms. The van der Waals surface area contributed by atoms with Crippen molar-refractivity contribution in [2.75, 3.05) is 18.1 Å². The molecule has 0 aliphatic carbocycles. The maximum absolute atomic E-state index is 11.9. The van der Waals surface area contributed by atoms with E-state index in [1.807, 2.05) is 35.7 Å². The zero-order chi connectivity index (χ0) is 15.1. The second-order valence-electron chi connectivity index (χ2n) is 4.66. The molecular formula is C15H17NO3S2. The molecular weight excluding hydrogens is 306 g/mol. The van der Waals surface area contributed by atoms with Gasteiger partial charge in [-0.15, -0.1) is 0 Å². The van der Waals surface area contributed by atoms with Gasteiger partial charge >= 0.3 is 0 Å². The van der Waals surface area contributed by atoms with E-state index in [1.54, 1.807) is 11.4 Å². The summed E-state index contributed by atoms with van der Waals surface area (Å²) in [7, 11) is -3.16. The minimum atomic E-state index is -3.16. The molecule has 2 rings (SSSR count). The summed E-state index contributed by atoms with van der Waals surface area (Å²) in [5.41, 5.74) is 1.57. The van der Waals surface area contributed by atoms with E-state index < -0.39 is 9.84 Å². The van der Waals surface area contributed by atoms with Gasteiger partial charge in [0.25, 0.3) is 5.91 Å². The Morgan fingerprint density at radius 3 is 2.52 bits per heavy atom. The highest BCUT2D eigenvalue weighted by molar-refractivity contribution is 7.91. The quantitative estimate of drug-likeness (QED) is 0.849. The molecule has 21 heavy (non-hydrogen) atoms. The lowest BCUT2D eigenvalue weighted by atomic mass is 10.2. The molecule has 2 aromatic rings. The van der Waals surface area contributed by atoms with Gasteiger partial charge in [0, 0.05) is 17.5 Å². The molecule has 0 unspecified atom stereocenters. The van der Waals surface area contributed by atoms with Gasteiger partial charge in [0.05, 0.1) is 11.5 Å². The van der Waals surface area contributed by atoms with Gasteiger partial charge in [0.15, 0.2) is 9.84 Å². The van der Waals surface area contributed by atoms with Gasteiger partial charge in [0.1, 0.15) is 0 Å². The van der Waals surface area contributed by atoms with E-state index in [-0.39, 0.29) is 24.0 Å². The third kappa shape index (κ3) is 5.32. The molecule has 1 aromatic carbocycles. The van der Waals surface area contributed by atoms with E-state index >= 15 is 0 Å². The van der Waals surface area contributed by atoms with E-state index in [1.165, 1.54) is 11.3 Å². The third-order valence-electron chi connectivity index (χ3n) is 3.03. The predicted molar refractivity (Wildman–Crippen MR) is 85.5 cm³/mol. The van der Waals surface area contributed by atoms with Crippen LogP contribution in [0.25, 0.3) is 0 Å². The number of nitrogens with one attached hydrogen (secondary N) is 1. The smallest absolute Gasteiger partial charge is 0.252 e. The molecule has 1 aromatic heterocycles. The first-order valence-corrected chi connectivity index (χ1v) is 9.38. The third-order valence-corrected chi connectivity index (χ3v) is 5.36. The first-order valence-electron chi connectivity index (χ1n) is 6.61. The fourth-order valence-corrected chi connectivity index (χ4v) is 3.64. The molecule has 4 nitrogen and oxygen atoms in total. The number of carbonyl (C=O) groups is 1. The fraction of sp³-hybridized carbons (Fsp3) is 0.267. The van der Waals surface area contributed by atoms with Crippen LogP contribution in [0.3, 0.4) is 0 Å². The summed E-state index contributed by atoms with van der Waals surface area (Å²) in [6, 6.07) is 11.2. The first kappa shape index (κ1) is 15.7. The van der Waals surface area contributed by atoms with Gasteiger partial charge in [-0.25, -0.2) is 8.42 Å². The van der Waals surface area contributed by atoms with Crippen LogP contribution in [-0.4, -0.2) is 32.4 Å². The van der Waals surface area contributed by atoms with E-state index in [0.717, 1.165) is 5.56 Å². The first-order chi connectivity index (χ1) is 10.1. The van der Waals surface area contributed by atoms with Crippen LogP contribution in [0.4, 0.5) is 0 Å². The Morgan fingerprint density at radius 1 is 1.10 bits per heavy atom. The molecule has 0 fully saturated rings. The van der Waals surface area contributed by atoms with Gasteiger partial charge in [-0.1, -0.05) is 30.3 Å². The van der Waals surface area contributed by atoms with Gasteiger partial charge in [0.2, 0.25) is 0 Å². The molecule has 0 aliphatic heterocycles. The minimum Gasteiger partial charge on any atom is -0.351 e. The number of hydrogen-bond acceptors (Lipinski definition) is 4. The summed E-state index contributed by atoms with van der Waals surface area (Å²) in [6.07, 6.45) is 0.502. The molecule has 0 atom stereocenters. The molecule has 0 saturated carbocycles. The Kier molecular flexibility index (Phi) is 5.52.